The number of nitrogen functional groups attached to an aromatic ring is 1. The van der Waals surface area contributed by atoms with Crippen LogP contribution in [0.4, 0.5) is 5.82 Å². The summed E-state index contributed by atoms with van der Waals surface area (Å²) in [6.45, 7) is 13.6. The lowest BCUT2D eigenvalue weighted by molar-refractivity contribution is 0.0960. The topological polar surface area (TPSA) is 121 Å². The van der Waals surface area contributed by atoms with Crippen LogP contribution >= 0.6 is 0 Å². The molecule has 0 saturated carbocycles. The van der Waals surface area contributed by atoms with Crippen LogP contribution in [0.1, 0.15) is 16.1 Å². The number of amides is 1. The second-order valence-corrected chi connectivity index (χ2v) is 8.25. The highest BCUT2D eigenvalue weighted by atomic mass is 16.5. The molecule has 10 heteroatoms. The van der Waals surface area contributed by atoms with Crippen molar-refractivity contribution in [1.82, 2.24) is 30.4 Å². The average molecular weight is 479 g/mol. The number of hydrogen-bond acceptors (Lipinski definition) is 9. The average Bonchev–Trinajstić information content (AvgIpc) is 2.88. The second kappa shape index (κ2) is 12.7. The molecule has 0 atom stereocenters. The van der Waals surface area contributed by atoms with Crippen LogP contribution in [0.3, 0.4) is 0 Å². The highest BCUT2D eigenvalue weighted by Crippen LogP contribution is 2.20. The predicted molar refractivity (Wildman–Crippen MR) is 139 cm³/mol. The normalized spacial score (nSPS) is 14.4. The maximum absolute atomic E-state index is 13.1. The number of benzene rings is 1. The molecule has 0 unspecified atom stereocenters. The number of methoxy groups -OCH3 is 1. The van der Waals surface area contributed by atoms with Gasteiger partial charge in [-0.3, -0.25) is 14.7 Å². The summed E-state index contributed by atoms with van der Waals surface area (Å²) in [5.74, 6) is -0.478. The monoisotopic (exact) mass is 478 g/mol. The Morgan fingerprint density at radius 2 is 2.06 bits per heavy atom. The Morgan fingerprint density at radius 1 is 1.34 bits per heavy atom. The highest BCUT2D eigenvalue weighted by Gasteiger charge is 2.18. The Kier molecular flexibility index (Phi) is 9.47. The van der Waals surface area contributed by atoms with E-state index in [1.165, 1.54) is 11.8 Å². The lowest BCUT2D eigenvalue weighted by atomic mass is 10.1. The van der Waals surface area contributed by atoms with Crippen molar-refractivity contribution in [3.8, 4) is 11.3 Å². The van der Waals surface area contributed by atoms with Gasteiger partial charge >= 0.3 is 0 Å². The molecular weight excluding hydrogens is 444 g/mol. The number of nitrogens with one attached hydrogen (secondary N) is 2. The van der Waals surface area contributed by atoms with Gasteiger partial charge < -0.3 is 26.0 Å². The number of hydrogen-bond donors (Lipinski definition) is 3. The lowest BCUT2D eigenvalue weighted by Gasteiger charge is -2.27. The number of rotatable bonds is 11. The van der Waals surface area contributed by atoms with Crippen molar-refractivity contribution in [3.05, 3.63) is 65.9 Å². The Labute approximate surface area is 206 Å². The highest BCUT2D eigenvalue weighted by molar-refractivity contribution is 5.98. The first-order chi connectivity index (χ1) is 16.9. The van der Waals surface area contributed by atoms with Crippen LogP contribution in [0.5, 0.6) is 0 Å². The van der Waals surface area contributed by atoms with Gasteiger partial charge in [-0.05, 0) is 12.3 Å². The molecule has 1 aliphatic heterocycles. The number of nitrogens with two attached hydrogens (primary N) is 1. The van der Waals surface area contributed by atoms with Crippen LogP contribution < -0.4 is 16.4 Å². The van der Waals surface area contributed by atoms with E-state index in [0.29, 0.717) is 30.2 Å². The van der Waals surface area contributed by atoms with E-state index in [0.717, 1.165) is 38.3 Å². The molecule has 10 nitrogen and oxygen atoms in total. The van der Waals surface area contributed by atoms with Crippen LogP contribution in [0, 0.1) is 0 Å². The van der Waals surface area contributed by atoms with Crippen LogP contribution in [-0.4, -0.2) is 85.9 Å². The zero-order valence-electron chi connectivity index (χ0n) is 20.5. The molecule has 0 spiro atoms. The second-order valence-electron chi connectivity index (χ2n) is 8.25. The zero-order valence-corrected chi connectivity index (χ0v) is 20.5. The summed E-state index contributed by atoms with van der Waals surface area (Å²) in [7, 11) is 3.46. The van der Waals surface area contributed by atoms with Crippen molar-refractivity contribution < 1.29 is 9.53 Å². The standard InChI is InChI=1S/C25H34N8O2/c1-18(32(3)13-14-35-4)21(15-27-2)31-25(34)23-24(26)29-16-22(30-23)20-7-5-19(6-8-20)17-33-11-9-28-10-12-33/h5-8,15-16,28H,1-2,9-14,17H2,3-4H3,(H2,26,29)(H,31,34)/b21-15+. The Balaban J connectivity index is 1.74. The number of aliphatic imine (C=N–C) groups is 1. The van der Waals surface area contributed by atoms with Crippen LogP contribution in [0.2, 0.25) is 0 Å². The molecule has 0 radical (unpaired) electrons. The molecule has 186 valence electrons. The fourth-order valence-electron chi connectivity index (χ4n) is 3.63. The molecule has 0 bridgehead atoms. The summed E-state index contributed by atoms with van der Waals surface area (Å²) in [5, 5.41) is 6.14. The minimum atomic E-state index is -0.511. The third-order valence-corrected chi connectivity index (χ3v) is 5.75. The minimum Gasteiger partial charge on any atom is -0.383 e. The van der Waals surface area contributed by atoms with Gasteiger partial charge in [0.2, 0.25) is 0 Å². The van der Waals surface area contributed by atoms with Gasteiger partial charge in [-0.2, -0.15) is 0 Å². The van der Waals surface area contributed by atoms with Crippen LogP contribution in [0.15, 0.2) is 59.6 Å². The van der Waals surface area contributed by atoms with Gasteiger partial charge in [0, 0.05) is 59.0 Å². The number of nitrogens with zero attached hydrogens (tertiary/aromatic N) is 5. The number of carbonyl (C=O) groups is 1. The number of ether oxygens (including phenoxy) is 1. The third kappa shape index (κ3) is 7.19. The number of likely N-dealkylation sites (N-methyl/N-ethyl adjacent to an activating group) is 1. The van der Waals surface area contributed by atoms with E-state index in [1.54, 1.807) is 13.3 Å². The molecule has 2 heterocycles. The van der Waals surface area contributed by atoms with Gasteiger partial charge in [0.25, 0.3) is 5.91 Å². The lowest BCUT2D eigenvalue weighted by Crippen LogP contribution is -2.42. The largest absolute Gasteiger partial charge is 0.383 e. The summed E-state index contributed by atoms with van der Waals surface area (Å²) in [5.41, 5.74) is 9.58. The van der Waals surface area contributed by atoms with Gasteiger partial charge in [0.15, 0.2) is 11.5 Å². The van der Waals surface area contributed by atoms with Gasteiger partial charge in [-0.25, -0.2) is 9.97 Å². The summed E-state index contributed by atoms with van der Waals surface area (Å²) < 4.78 is 5.10. The maximum Gasteiger partial charge on any atom is 0.278 e. The van der Waals surface area contributed by atoms with E-state index >= 15 is 0 Å². The molecule has 1 saturated heterocycles. The SMILES string of the molecule is C=N/C=C(/NC(=O)c1nc(-c2ccc(CN3CCNCC3)cc2)cnc1N)C(=C)N(C)CCOC. The molecule has 4 N–H and O–H groups in total. The van der Waals surface area contributed by atoms with E-state index in [1.807, 2.05) is 24.1 Å². The number of anilines is 1. The van der Waals surface area contributed by atoms with Crippen molar-refractivity contribution >= 4 is 18.4 Å². The van der Waals surface area contributed by atoms with Crippen molar-refractivity contribution in [1.29, 1.82) is 0 Å². The van der Waals surface area contributed by atoms with Gasteiger partial charge in [0.05, 0.1) is 36.1 Å². The molecule has 2 aromatic rings. The molecule has 1 amide bonds. The van der Waals surface area contributed by atoms with Crippen LogP contribution in [0.25, 0.3) is 11.3 Å². The van der Waals surface area contributed by atoms with E-state index in [-0.39, 0.29) is 11.5 Å². The Hall–Kier alpha value is -3.60. The molecule has 1 aliphatic rings. The predicted octanol–water partition coefficient (Wildman–Crippen LogP) is 1.49. The molecular formula is C25H34N8O2. The van der Waals surface area contributed by atoms with E-state index < -0.39 is 5.91 Å². The van der Waals surface area contributed by atoms with Gasteiger partial charge in [0.1, 0.15) is 0 Å². The molecule has 1 aromatic carbocycles. The maximum atomic E-state index is 13.1. The Morgan fingerprint density at radius 3 is 2.71 bits per heavy atom. The van der Waals surface area contributed by atoms with Crippen LogP contribution in [-0.2, 0) is 11.3 Å². The number of piperazine rings is 1. The fraction of sp³-hybridized carbons (Fsp3) is 0.360. The van der Waals surface area contributed by atoms with E-state index in [9.17, 15) is 4.79 Å². The zero-order chi connectivity index (χ0) is 25.2. The smallest absolute Gasteiger partial charge is 0.278 e. The Bertz CT molecular complexity index is 1060. The van der Waals surface area contributed by atoms with Gasteiger partial charge in [-0.1, -0.05) is 30.8 Å². The number of carbonyl (C=O) groups excluding carboxylic acids is 1. The first-order valence-electron chi connectivity index (χ1n) is 11.4. The number of aromatic nitrogens is 2. The fourth-order valence-corrected chi connectivity index (χ4v) is 3.63. The quantitative estimate of drug-likeness (QED) is 0.328. The third-order valence-electron chi connectivity index (χ3n) is 5.75. The minimum absolute atomic E-state index is 0.0229. The molecule has 0 aliphatic carbocycles. The first-order valence-corrected chi connectivity index (χ1v) is 11.4. The summed E-state index contributed by atoms with van der Waals surface area (Å²) in [4.78, 5) is 29.8. The van der Waals surface area contributed by atoms with E-state index in [2.05, 4.69) is 55.9 Å². The summed E-state index contributed by atoms with van der Waals surface area (Å²) >= 11 is 0. The molecule has 1 fully saturated rings. The summed E-state index contributed by atoms with van der Waals surface area (Å²) in [6, 6.07) is 8.12. The van der Waals surface area contributed by atoms with E-state index in [4.69, 9.17) is 10.5 Å². The molecule has 1 aromatic heterocycles. The molecule has 3 rings (SSSR count). The van der Waals surface area contributed by atoms with Crippen molar-refractivity contribution in [3.63, 3.8) is 0 Å². The van der Waals surface area contributed by atoms with Crippen molar-refractivity contribution in [2.45, 2.75) is 6.54 Å². The van der Waals surface area contributed by atoms with Gasteiger partial charge in [-0.15, -0.1) is 0 Å². The van der Waals surface area contributed by atoms with Crippen molar-refractivity contribution in [2.24, 2.45) is 4.99 Å². The van der Waals surface area contributed by atoms with Crippen molar-refractivity contribution in [2.75, 3.05) is 59.2 Å². The first kappa shape index (κ1) is 26.0. The summed E-state index contributed by atoms with van der Waals surface area (Å²) in [6.07, 6.45) is 2.99. The molecule has 35 heavy (non-hydrogen) atoms.